The third-order valence-corrected chi connectivity index (χ3v) is 3.52. The number of piperidine rings is 1. The highest BCUT2D eigenvalue weighted by atomic mass is 15.2. The minimum absolute atomic E-state index is 0.647. The Morgan fingerprint density at radius 3 is 2.94 bits per heavy atom. The second kappa shape index (κ2) is 7.44. The fraction of sp³-hybridized carbons (Fsp3) is 0.714. The lowest BCUT2D eigenvalue weighted by molar-refractivity contribution is 0.134. The summed E-state index contributed by atoms with van der Waals surface area (Å²) in [6, 6.07) is 2.52. The Bertz CT molecular complexity index is 328. The van der Waals surface area contributed by atoms with E-state index in [1.165, 1.54) is 32.2 Å². The molecule has 1 aliphatic rings. The molecular weight excluding hydrogens is 224 g/mol. The van der Waals surface area contributed by atoms with Crippen molar-refractivity contribution in [1.82, 2.24) is 20.2 Å². The van der Waals surface area contributed by atoms with E-state index in [4.69, 9.17) is 0 Å². The van der Waals surface area contributed by atoms with Gasteiger partial charge in [-0.15, -0.1) is 0 Å². The van der Waals surface area contributed by atoms with Gasteiger partial charge in [0.05, 0.1) is 6.54 Å². The van der Waals surface area contributed by atoms with Crippen LogP contribution in [0.25, 0.3) is 0 Å². The third kappa shape index (κ3) is 4.03. The molecule has 2 rings (SSSR count). The Kier molecular flexibility index (Phi) is 5.55. The van der Waals surface area contributed by atoms with Crippen LogP contribution in [-0.4, -0.2) is 40.5 Å². The van der Waals surface area contributed by atoms with Crippen molar-refractivity contribution in [1.29, 1.82) is 0 Å². The summed E-state index contributed by atoms with van der Waals surface area (Å²) in [5.41, 5.74) is 0. The molecule has 0 aromatic carbocycles. The van der Waals surface area contributed by atoms with E-state index in [9.17, 15) is 0 Å². The first kappa shape index (κ1) is 13.4. The van der Waals surface area contributed by atoms with Crippen molar-refractivity contribution in [3.05, 3.63) is 24.3 Å². The SMILES string of the molecule is CCCNCC1CCCCN1Cc1ncccn1. The maximum atomic E-state index is 4.33. The molecule has 1 fully saturated rings. The van der Waals surface area contributed by atoms with Crippen LogP contribution in [0.4, 0.5) is 0 Å². The maximum Gasteiger partial charge on any atom is 0.142 e. The van der Waals surface area contributed by atoms with Gasteiger partial charge in [-0.05, 0) is 38.4 Å². The molecule has 2 heterocycles. The summed E-state index contributed by atoms with van der Waals surface area (Å²) in [6.07, 6.45) is 8.81. The van der Waals surface area contributed by atoms with Gasteiger partial charge >= 0.3 is 0 Å². The Balaban J connectivity index is 1.87. The molecule has 18 heavy (non-hydrogen) atoms. The van der Waals surface area contributed by atoms with E-state index in [0.717, 1.165) is 25.5 Å². The predicted octanol–water partition coefficient (Wildman–Crippen LogP) is 1.83. The molecule has 0 spiro atoms. The largest absolute Gasteiger partial charge is 0.315 e. The van der Waals surface area contributed by atoms with Crippen LogP contribution in [0.3, 0.4) is 0 Å². The maximum absolute atomic E-state index is 4.33. The van der Waals surface area contributed by atoms with Gasteiger partial charge in [-0.3, -0.25) is 4.90 Å². The summed E-state index contributed by atoms with van der Waals surface area (Å²) in [4.78, 5) is 11.2. The number of nitrogens with one attached hydrogen (secondary N) is 1. The molecule has 4 nitrogen and oxygen atoms in total. The Labute approximate surface area is 110 Å². The van der Waals surface area contributed by atoms with Gasteiger partial charge in [-0.25, -0.2) is 9.97 Å². The van der Waals surface area contributed by atoms with Crippen LogP contribution < -0.4 is 5.32 Å². The molecule has 0 amide bonds. The lowest BCUT2D eigenvalue weighted by Gasteiger charge is -2.35. The van der Waals surface area contributed by atoms with Gasteiger partial charge in [0.25, 0.3) is 0 Å². The van der Waals surface area contributed by atoms with Gasteiger partial charge in [0.1, 0.15) is 5.82 Å². The zero-order valence-electron chi connectivity index (χ0n) is 11.3. The fourth-order valence-electron chi connectivity index (χ4n) is 2.54. The molecule has 1 N–H and O–H groups in total. The van der Waals surface area contributed by atoms with Crippen LogP contribution in [0, 0.1) is 0 Å². The standard InChI is InChI=1S/C14H24N4/c1-2-7-15-11-13-6-3-4-10-18(13)12-14-16-8-5-9-17-14/h5,8-9,13,15H,2-4,6-7,10-12H2,1H3. The predicted molar refractivity (Wildman–Crippen MR) is 73.2 cm³/mol. The first-order chi connectivity index (χ1) is 8.90. The van der Waals surface area contributed by atoms with Crippen molar-refractivity contribution in [3.8, 4) is 0 Å². The molecule has 0 saturated carbocycles. The summed E-state index contributed by atoms with van der Waals surface area (Å²) in [5, 5.41) is 3.54. The van der Waals surface area contributed by atoms with Crippen LogP contribution in [0.2, 0.25) is 0 Å². The number of nitrogens with zero attached hydrogens (tertiary/aromatic N) is 3. The highest BCUT2D eigenvalue weighted by Crippen LogP contribution is 2.17. The first-order valence-electron chi connectivity index (χ1n) is 7.11. The minimum atomic E-state index is 0.647. The second-order valence-corrected chi connectivity index (χ2v) is 4.99. The molecular formula is C14H24N4. The lowest BCUT2D eigenvalue weighted by atomic mass is 10.0. The number of hydrogen-bond acceptors (Lipinski definition) is 4. The van der Waals surface area contributed by atoms with E-state index < -0.39 is 0 Å². The highest BCUT2D eigenvalue weighted by Gasteiger charge is 2.22. The van der Waals surface area contributed by atoms with Crippen LogP contribution in [0.1, 0.15) is 38.4 Å². The second-order valence-electron chi connectivity index (χ2n) is 4.99. The molecule has 1 aromatic rings. The van der Waals surface area contributed by atoms with Crippen molar-refractivity contribution in [3.63, 3.8) is 0 Å². The molecule has 1 atom stereocenters. The zero-order valence-corrected chi connectivity index (χ0v) is 11.3. The van der Waals surface area contributed by atoms with E-state index in [-0.39, 0.29) is 0 Å². The van der Waals surface area contributed by atoms with Crippen molar-refractivity contribution < 1.29 is 0 Å². The van der Waals surface area contributed by atoms with Crippen LogP contribution in [-0.2, 0) is 6.54 Å². The lowest BCUT2D eigenvalue weighted by Crippen LogP contribution is -2.45. The monoisotopic (exact) mass is 248 g/mol. The summed E-state index contributed by atoms with van der Waals surface area (Å²) in [5.74, 6) is 0.944. The third-order valence-electron chi connectivity index (χ3n) is 3.52. The molecule has 0 aliphatic carbocycles. The summed E-state index contributed by atoms with van der Waals surface area (Å²) in [6.45, 7) is 6.49. The Morgan fingerprint density at radius 1 is 1.33 bits per heavy atom. The van der Waals surface area contributed by atoms with Gasteiger partial charge in [-0.2, -0.15) is 0 Å². The van der Waals surface area contributed by atoms with Gasteiger partial charge in [0, 0.05) is 25.0 Å². The van der Waals surface area contributed by atoms with Gasteiger partial charge in [0.15, 0.2) is 0 Å². The quantitative estimate of drug-likeness (QED) is 0.780. The van der Waals surface area contributed by atoms with Crippen molar-refractivity contribution in [2.24, 2.45) is 0 Å². The van der Waals surface area contributed by atoms with E-state index in [1.54, 1.807) is 0 Å². The average Bonchev–Trinajstić information content (AvgIpc) is 2.42. The minimum Gasteiger partial charge on any atom is -0.315 e. The number of hydrogen-bond donors (Lipinski definition) is 1. The van der Waals surface area contributed by atoms with Crippen molar-refractivity contribution >= 4 is 0 Å². The average molecular weight is 248 g/mol. The Morgan fingerprint density at radius 2 is 2.17 bits per heavy atom. The molecule has 0 radical (unpaired) electrons. The normalized spacial score (nSPS) is 21.1. The molecule has 1 saturated heterocycles. The highest BCUT2D eigenvalue weighted by molar-refractivity contribution is 4.90. The summed E-state index contributed by atoms with van der Waals surface area (Å²) in [7, 11) is 0. The first-order valence-corrected chi connectivity index (χ1v) is 7.11. The van der Waals surface area contributed by atoms with Crippen molar-refractivity contribution in [2.75, 3.05) is 19.6 Å². The molecule has 100 valence electrons. The van der Waals surface area contributed by atoms with Crippen LogP contribution in [0.5, 0.6) is 0 Å². The smallest absolute Gasteiger partial charge is 0.142 e. The zero-order chi connectivity index (χ0) is 12.6. The molecule has 1 unspecified atom stereocenters. The van der Waals surface area contributed by atoms with Crippen molar-refractivity contribution in [2.45, 2.75) is 45.2 Å². The topological polar surface area (TPSA) is 41.0 Å². The number of rotatable bonds is 6. The summed E-state index contributed by atoms with van der Waals surface area (Å²) >= 11 is 0. The number of likely N-dealkylation sites (tertiary alicyclic amines) is 1. The van der Waals surface area contributed by atoms with E-state index in [1.807, 2.05) is 18.5 Å². The molecule has 1 aliphatic heterocycles. The molecule has 1 aromatic heterocycles. The molecule has 0 bridgehead atoms. The molecule has 4 heteroatoms. The van der Waals surface area contributed by atoms with E-state index in [2.05, 4.69) is 27.1 Å². The Hall–Kier alpha value is -1.00. The van der Waals surface area contributed by atoms with Crippen LogP contribution in [0.15, 0.2) is 18.5 Å². The fourth-order valence-corrected chi connectivity index (χ4v) is 2.54. The van der Waals surface area contributed by atoms with Crippen LogP contribution >= 0.6 is 0 Å². The number of aromatic nitrogens is 2. The van der Waals surface area contributed by atoms with Gasteiger partial charge < -0.3 is 5.32 Å². The van der Waals surface area contributed by atoms with E-state index in [0.29, 0.717) is 6.04 Å². The van der Waals surface area contributed by atoms with Gasteiger partial charge in [0.2, 0.25) is 0 Å². The van der Waals surface area contributed by atoms with E-state index >= 15 is 0 Å². The van der Waals surface area contributed by atoms with Gasteiger partial charge in [-0.1, -0.05) is 13.3 Å². The summed E-state index contributed by atoms with van der Waals surface area (Å²) < 4.78 is 0.